The van der Waals surface area contributed by atoms with Crippen molar-refractivity contribution in [3.63, 3.8) is 0 Å². The summed E-state index contributed by atoms with van der Waals surface area (Å²) in [5.41, 5.74) is 1.57. The standard InChI is InChI=1S/C21H22N2O5S2/c1-3-28-18-9-7-17(8-10-18)23(2)30(26,27)19-11-12-29-20(19)21(25)22-16-6-4-5-15(13-16)14-24/h4-13,24H,3,14H2,1-2H3,(H,22,25). The van der Waals surface area contributed by atoms with E-state index in [1.807, 2.05) is 6.92 Å². The number of benzene rings is 2. The van der Waals surface area contributed by atoms with Crippen LogP contribution in [0.15, 0.2) is 64.9 Å². The second kappa shape index (κ2) is 9.29. The first-order valence-corrected chi connectivity index (χ1v) is 11.5. The van der Waals surface area contributed by atoms with Gasteiger partial charge in [-0.15, -0.1) is 11.3 Å². The second-order valence-corrected chi connectivity index (χ2v) is 9.18. The van der Waals surface area contributed by atoms with E-state index in [0.717, 1.165) is 15.6 Å². The summed E-state index contributed by atoms with van der Waals surface area (Å²) in [4.78, 5) is 12.8. The number of thiophene rings is 1. The zero-order chi connectivity index (χ0) is 21.7. The van der Waals surface area contributed by atoms with Crippen LogP contribution in [0, 0.1) is 0 Å². The Morgan fingerprint density at radius 1 is 1.17 bits per heavy atom. The van der Waals surface area contributed by atoms with E-state index in [0.29, 0.717) is 29.3 Å². The zero-order valence-electron chi connectivity index (χ0n) is 16.5. The third kappa shape index (κ3) is 4.64. The first kappa shape index (κ1) is 21.8. The largest absolute Gasteiger partial charge is 0.494 e. The van der Waals surface area contributed by atoms with Crippen molar-refractivity contribution >= 4 is 38.6 Å². The molecule has 1 aromatic heterocycles. The number of rotatable bonds is 8. The van der Waals surface area contributed by atoms with Gasteiger partial charge in [0.25, 0.3) is 15.9 Å². The molecule has 0 atom stereocenters. The highest BCUT2D eigenvalue weighted by Crippen LogP contribution is 2.29. The minimum Gasteiger partial charge on any atom is -0.494 e. The van der Waals surface area contributed by atoms with Gasteiger partial charge in [0.2, 0.25) is 0 Å². The summed E-state index contributed by atoms with van der Waals surface area (Å²) in [5, 5.41) is 13.5. The zero-order valence-corrected chi connectivity index (χ0v) is 18.2. The molecule has 0 aliphatic heterocycles. The maximum atomic E-state index is 13.2. The summed E-state index contributed by atoms with van der Waals surface area (Å²) in [7, 11) is -2.51. The second-order valence-electron chi connectivity index (χ2n) is 6.33. The highest BCUT2D eigenvalue weighted by molar-refractivity contribution is 7.93. The van der Waals surface area contributed by atoms with Crippen LogP contribution < -0.4 is 14.4 Å². The molecule has 9 heteroatoms. The fourth-order valence-electron chi connectivity index (χ4n) is 2.81. The highest BCUT2D eigenvalue weighted by Gasteiger charge is 2.28. The molecule has 0 bridgehead atoms. The maximum Gasteiger partial charge on any atom is 0.267 e. The van der Waals surface area contributed by atoms with Crippen LogP contribution >= 0.6 is 11.3 Å². The minimum absolute atomic E-state index is 0.0697. The van der Waals surface area contributed by atoms with E-state index >= 15 is 0 Å². The van der Waals surface area contributed by atoms with Gasteiger partial charge in [0.1, 0.15) is 15.5 Å². The van der Waals surface area contributed by atoms with Crippen LogP contribution in [0.2, 0.25) is 0 Å². The molecule has 2 aromatic carbocycles. The molecular weight excluding hydrogens is 424 g/mol. The number of nitrogens with one attached hydrogen (secondary N) is 1. The van der Waals surface area contributed by atoms with Gasteiger partial charge < -0.3 is 15.2 Å². The van der Waals surface area contributed by atoms with Crippen molar-refractivity contribution in [2.75, 3.05) is 23.3 Å². The minimum atomic E-state index is -3.95. The topological polar surface area (TPSA) is 95.9 Å². The van der Waals surface area contributed by atoms with Gasteiger partial charge in [-0.3, -0.25) is 9.10 Å². The fraction of sp³-hybridized carbons (Fsp3) is 0.190. The van der Waals surface area contributed by atoms with Gasteiger partial charge in [-0.25, -0.2) is 8.42 Å². The first-order chi connectivity index (χ1) is 14.4. The molecule has 7 nitrogen and oxygen atoms in total. The van der Waals surface area contributed by atoms with Gasteiger partial charge in [0.15, 0.2) is 0 Å². The number of amides is 1. The summed E-state index contributed by atoms with van der Waals surface area (Å²) in [6.07, 6.45) is 0. The molecule has 0 fully saturated rings. The van der Waals surface area contributed by atoms with Gasteiger partial charge in [-0.05, 0) is 60.3 Å². The molecule has 3 aromatic rings. The van der Waals surface area contributed by atoms with E-state index in [1.54, 1.807) is 53.9 Å². The van der Waals surface area contributed by atoms with Crippen LogP contribution in [-0.2, 0) is 16.6 Å². The number of nitrogens with zero attached hydrogens (tertiary/aromatic N) is 1. The Balaban J connectivity index is 1.85. The van der Waals surface area contributed by atoms with Crippen LogP contribution in [0.1, 0.15) is 22.2 Å². The number of aliphatic hydroxyl groups excluding tert-OH is 1. The van der Waals surface area contributed by atoms with Crippen LogP contribution in [0.25, 0.3) is 0 Å². The number of hydrogen-bond acceptors (Lipinski definition) is 6. The van der Waals surface area contributed by atoms with E-state index in [9.17, 15) is 18.3 Å². The van der Waals surface area contributed by atoms with Crippen LogP contribution in [0.5, 0.6) is 5.75 Å². The number of hydrogen-bond donors (Lipinski definition) is 2. The van der Waals surface area contributed by atoms with Crippen molar-refractivity contribution in [2.45, 2.75) is 18.4 Å². The lowest BCUT2D eigenvalue weighted by atomic mass is 10.2. The van der Waals surface area contributed by atoms with Gasteiger partial charge >= 0.3 is 0 Å². The lowest BCUT2D eigenvalue weighted by Crippen LogP contribution is -2.28. The van der Waals surface area contributed by atoms with E-state index in [2.05, 4.69) is 5.32 Å². The average Bonchev–Trinajstić information content (AvgIpc) is 3.25. The lowest BCUT2D eigenvalue weighted by Gasteiger charge is -2.20. The molecule has 0 aliphatic carbocycles. The highest BCUT2D eigenvalue weighted by atomic mass is 32.2. The van der Waals surface area contributed by atoms with Gasteiger partial charge in [-0.2, -0.15) is 0 Å². The van der Waals surface area contributed by atoms with E-state index in [-0.39, 0.29) is 16.4 Å². The van der Waals surface area contributed by atoms with Crippen molar-refractivity contribution < 1.29 is 23.1 Å². The Morgan fingerprint density at radius 3 is 2.57 bits per heavy atom. The quantitative estimate of drug-likeness (QED) is 0.550. The molecule has 0 radical (unpaired) electrons. The Labute approximate surface area is 179 Å². The van der Waals surface area contributed by atoms with Crippen LogP contribution in [0.4, 0.5) is 11.4 Å². The Hall–Kier alpha value is -2.88. The molecule has 0 saturated carbocycles. The third-order valence-corrected chi connectivity index (χ3v) is 7.22. The van der Waals surface area contributed by atoms with Crippen LogP contribution in [-0.4, -0.2) is 33.1 Å². The Morgan fingerprint density at radius 2 is 1.90 bits per heavy atom. The fourth-order valence-corrected chi connectivity index (χ4v) is 5.30. The SMILES string of the molecule is CCOc1ccc(N(C)S(=O)(=O)c2ccsc2C(=O)Nc2cccc(CO)c2)cc1. The van der Waals surface area contributed by atoms with Gasteiger partial charge in [-0.1, -0.05) is 12.1 Å². The van der Waals surface area contributed by atoms with Crippen molar-refractivity contribution in [1.29, 1.82) is 0 Å². The number of anilines is 2. The van der Waals surface area contributed by atoms with Crippen molar-refractivity contribution in [2.24, 2.45) is 0 Å². The molecule has 30 heavy (non-hydrogen) atoms. The van der Waals surface area contributed by atoms with Crippen molar-refractivity contribution in [3.8, 4) is 5.75 Å². The average molecular weight is 447 g/mol. The Bertz CT molecular complexity index is 1120. The molecular formula is C21H22N2O5S2. The predicted molar refractivity (Wildman–Crippen MR) is 118 cm³/mol. The van der Waals surface area contributed by atoms with Crippen molar-refractivity contribution in [3.05, 3.63) is 70.4 Å². The molecule has 0 saturated heterocycles. The summed E-state index contributed by atoms with van der Waals surface area (Å²) < 4.78 is 32.9. The lowest BCUT2D eigenvalue weighted by molar-refractivity contribution is 0.102. The molecule has 0 aliphatic rings. The van der Waals surface area contributed by atoms with E-state index in [4.69, 9.17) is 4.74 Å². The molecule has 1 heterocycles. The number of sulfonamides is 1. The normalized spacial score (nSPS) is 11.2. The van der Waals surface area contributed by atoms with E-state index in [1.165, 1.54) is 13.1 Å². The van der Waals surface area contributed by atoms with Gasteiger partial charge in [0.05, 0.1) is 18.9 Å². The third-order valence-electron chi connectivity index (χ3n) is 4.35. The molecule has 0 unspecified atom stereocenters. The van der Waals surface area contributed by atoms with Crippen LogP contribution in [0.3, 0.4) is 0 Å². The van der Waals surface area contributed by atoms with E-state index < -0.39 is 15.9 Å². The summed E-state index contributed by atoms with van der Waals surface area (Å²) in [6.45, 7) is 2.23. The number of carbonyl (C=O) groups is 1. The molecule has 158 valence electrons. The molecule has 1 amide bonds. The number of carbonyl (C=O) groups excluding carboxylic acids is 1. The molecule has 0 spiro atoms. The summed E-state index contributed by atoms with van der Waals surface area (Å²) >= 11 is 1.05. The number of aliphatic hydroxyl groups is 1. The maximum absolute atomic E-state index is 13.2. The van der Waals surface area contributed by atoms with Gasteiger partial charge in [0, 0.05) is 12.7 Å². The molecule has 2 N–H and O–H groups in total. The molecule has 3 rings (SSSR count). The predicted octanol–water partition coefficient (Wildman–Crippen LogP) is 3.72. The summed E-state index contributed by atoms with van der Waals surface area (Å²) in [6, 6.07) is 14.8. The van der Waals surface area contributed by atoms with Crippen molar-refractivity contribution in [1.82, 2.24) is 0 Å². The number of ether oxygens (including phenoxy) is 1. The Kier molecular flexibility index (Phi) is 6.76. The first-order valence-electron chi connectivity index (χ1n) is 9.17. The smallest absolute Gasteiger partial charge is 0.267 e. The monoisotopic (exact) mass is 446 g/mol. The summed E-state index contributed by atoms with van der Waals surface area (Å²) in [5.74, 6) is 0.117.